The summed E-state index contributed by atoms with van der Waals surface area (Å²) >= 11 is 0. The highest BCUT2D eigenvalue weighted by Crippen LogP contribution is 2.12. The first kappa shape index (κ1) is 11.3. The third-order valence-electron chi connectivity index (χ3n) is 3.21. The van der Waals surface area contributed by atoms with Crippen LogP contribution in [0.4, 0.5) is 0 Å². The maximum absolute atomic E-state index is 12.3. The molecule has 1 aliphatic rings. The van der Waals surface area contributed by atoms with E-state index in [1.54, 1.807) is 0 Å². The molecule has 1 heterocycles. The maximum Gasteiger partial charge on any atom is 0.181 e. The number of rotatable bonds is 2. The van der Waals surface area contributed by atoms with Gasteiger partial charge < -0.3 is 4.90 Å². The molecule has 0 radical (unpaired) electrons. The van der Waals surface area contributed by atoms with Crippen LogP contribution in [0, 0.1) is 0 Å². The lowest BCUT2D eigenvalue weighted by atomic mass is 10.0. The van der Waals surface area contributed by atoms with E-state index in [2.05, 4.69) is 16.8 Å². The standard InChI is InChI=1S/C13H18N2O/c1-14-8-9-15(2)12(10-14)13(16)11-6-4-3-5-7-11/h3-7,12H,8-10H2,1-2H3. The van der Waals surface area contributed by atoms with Gasteiger partial charge in [-0.1, -0.05) is 30.3 Å². The Hall–Kier alpha value is -1.19. The van der Waals surface area contributed by atoms with E-state index in [1.807, 2.05) is 37.4 Å². The first-order valence-corrected chi connectivity index (χ1v) is 5.66. The van der Waals surface area contributed by atoms with Gasteiger partial charge in [0.2, 0.25) is 0 Å². The second-order valence-corrected chi connectivity index (χ2v) is 4.49. The topological polar surface area (TPSA) is 23.6 Å². The van der Waals surface area contributed by atoms with Crippen LogP contribution in [0.5, 0.6) is 0 Å². The smallest absolute Gasteiger partial charge is 0.181 e. The van der Waals surface area contributed by atoms with E-state index in [9.17, 15) is 4.79 Å². The normalized spacial score (nSPS) is 23.2. The Labute approximate surface area is 96.7 Å². The molecule has 1 saturated heterocycles. The molecule has 1 aromatic carbocycles. The molecule has 3 heteroatoms. The van der Waals surface area contributed by atoms with E-state index >= 15 is 0 Å². The summed E-state index contributed by atoms with van der Waals surface area (Å²) in [4.78, 5) is 16.6. The van der Waals surface area contributed by atoms with Crippen molar-refractivity contribution in [2.24, 2.45) is 0 Å². The second-order valence-electron chi connectivity index (χ2n) is 4.49. The molecule has 0 bridgehead atoms. The number of benzene rings is 1. The molecule has 1 aromatic rings. The Balaban J connectivity index is 2.15. The van der Waals surface area contributed by atoms with E-state index in [-0.39, 0.29) is 11.8 Å². The Morgan fingerprint density at radius 2 is 1.88 bits per heavy atom. The molecule has 1 aliphatic heterocycles. The summed E-state index contributed by atoms with van der Waals surface area (Å²) in [5, 5.41) is 0. The average Bonchev–Trinajstić information content (AvgIpc) is 2.32. The molecule has 0 amide bonds. The van der Waals surface area contributed by atoms with Crippen molar-refractivity contribution in [3.05, 3.63) is 35.9 Å². The third-order valence-corrected chi connectivity index (χ3v) is 3.21. The minimum Gasteiger partial charge on any atom is -0.303 e. The Kier molecular flexibility index (Phi) is 3.36. The van der Waals surface area contributed by atoms with Crippen LogP contribution in [-0.4, -0.2) is 55.4 Å². The first-order valence-electron chi connectivity index (χ1n) is 5.66. The molecule has 16 heavy (non-hydrogen) atoms. The van der Waals surface area contributed by atoms with Gasteiger partial charge in [0, 0.05) is 25.2 Å². The molecule has 1 unspecified atom stereocenters. The number of carbonyl (C=O) groups excluding carboxylic acids is 1. The van der Waals surface area contributed by atoms with E-state index in [1.165, 1.54) is 0 Å². The zero-order chi connectivity index (χ0) is 11.5. The lowest BCUT2D eigenvalue weighted by molar-refractivity contribution is 0.0686. The number of hydrogen-bond acceptors (Lipinski definition) is 3. The van der Waals surface area contributed by atoms with Gasteiger partial charge in [-0.15, -0.1) is 0 Å². The van der Waals surface area contributed by atoms with Gasteiger partial charge in [-0.2, -0.15) is 0 Å². The molecule has 1 atom stereocenters. The molecular formula is C13H18N2O. The van der Waals surface area contributed by atoms with Crippen LogP contribution in [0.25, 0.3) is 0 Å². The molecule has 3 nitrogen and oxygen atoms in total. The molecule has 0 aliphatic carbocycles. The van der Waals surface area contributed by atoms with Gasteiger partial charge in [0.1, 0.15) is 0 Å². The van der Waals surface area contributed by atoms with Crippen LogP contribution >= 0.6 is 0 Å². The van der Waals surface area contributed by atoms with Gasteiger partial charge in [0.25, 0.3) is 0 Å². The number of piperazine rings is 1. The molecule has 2 rings (SSSR count). The molecule has 0 spiro atoms. The van der Waals surface area contributed by atoms with Gasteiger partial charge in [0.15, 0.2) is 5.78 Å². The quantitative estimate of drug-likeness (QED) is 0.695. The van der Waals surface area contributed by atoms with Crippen molar-refractivity contribution in [1.29, 1.82) is 0 Å². The molecular weight excluding hydrogens is 200 g/mol. The number of likely N-dealkylation sites (N-methyl/N-ethyl adjacent to an activating group) is 2. The Morgan fingerprint density at radius 1 is 1.19 bits per heavy atom. The van der Waals surface area contributed by atoms with Crippen LogP contribution in [0.1, 0.15) is 10.4 Å². The second kappa shape index (κ2) is 4.76. The van der Waals surface area contributed by atoms with Crippen molar-refractivity contribution in [1.82, 2.24) is 9.80 Å². The fourth-order valence-electron chi connectivity index (χ4n) is 2.09. The Bertz CT molecular complexity index is 363. The molecule has 0 aromatic heterocycles. The van der Waals surface area contributed by atoms with Gasteiger partial charge in [0.05, 0.1) is 6.04 Å². The zero-order valence-corrected chi connectivity index (χ0v) is 9.89. The number of nitrogens with zero attached hydrogens (tertiary/aromatic N) is 2. The molecule has 1 fully saturated rings. The van der Waals surface area contributed by atoms with Crippen molar-refractivity contribution >= 4 is 5.78 Å². The first-order chi connectivity index (χ1) is 7.68. The summed E-state index contributed by atoms with van der Waals surface area (Å²) in [7, 11) is 4.09. The number of carbonyl (C=O) groups is 1. The summed E-state index contributed by atoms with van der Waals surface area (Å²) in [5.41, 5.74) is 0.814. The van der Waals surface area contributed by atoms with Gasteiger partial charge >= 0.3 is 0 Å². The molecule has 0 N–H and O–H groups in total. The summed E-state index contributed by atoms with van der Waals surface area (Å²) in [6, 6.07) is 9.56. The van der Waals surface area contributed by atoms with E-state index < -0.39 is 0 Å². The zero-order valence-electron chi connectivity index (χ0n) is 9.89. The number of hydrogen-bond donors (Lipinski definition) is 0. The highest BCUT2D eigenvalue weighted by atomic mass is 16.1. The number of ketones is 1. The highest BCUT2D eigenvalue weighted by Gasteiger charge is 2.28. The van der Waals surface area contributed by atoms with Crippen molar-refractivity contribution in [3.8, 4) is 0 Å². The third kappa shape index (κ3) is 2.31. The monoisotopic (exact) mass is 218 g/mol. The SMILES string of the molecule is CN1CCN(C)C(C(=O)c2ccccc2)C1. The minimum absolute atomic E-state index is 0.00106. The fraction of sp³-hybridized carbons (Fsp3) is 0.462. The van der Waals surface area contributed by atoms with Crippen molar-refractivity contribution in [2.45, 2.75) is 6.04 Å². The van der Waals surface area contributed by atoms with E-state index in [4.69, 9.17) is 0 Å². The van der Waals surface area contributed by atoms with Crippen LogP contribution < -0.4 is 0 Å². The van der Waals surface area contributed by atoms with Crippen LogP contribution in [-0.2, 0) is 0 Å². The van der Waals surface area contributed by atoms with Crippen LogP contribution in [0.15, 0.2) is 30.3 Å². The summed E-state index contributed by atoms with van der Waals surface area (Å²) < 4.78 is 0. The highest BCUT2D eigenvalue weighted by molar-refractivity contribution is 6.00. The van der Waals surface area contributed by atoms with Crippen LogP contribution in [0.2, 0.25) is 0 Å². The lowest BCUT2D eigenvalue weighted by Gasteiger charge is -2.36. The van der Waals surface area contributed by atoms with Crippen molar-refractivity contribution in [2.75, 3.05) is 33.7 Å². The molecule has 86 valence electrons. The van der Waals surface area contributed by atoms with Gasteiger partial charge in [-0.25, -0.2) is 0 Å². The van der Waals surface area contributed by atoms with E-state index in [0.717, 1.165) is 25.2 Å². The summed E-state index contributed by atoms with van der Waals surface area (Å²) in [6.45, 7) is 2.82. The predicted octanol–water partition coefficient (Wildman–Crippen LogP) is 1.12. The van der Waals surface area contributed by atoms with Crippen molar-refractivity contribution < 1.29 is 4.79 Å². The fourth-order valence-corrected chi connectivity index (χ4v) is 2.09. The Morgan fingerprint density at radius 3 is 2.56 bits per heavy atom. The largest absolute Gasteiger partial charge is 0.303 e. The van der Waals surface area contributed by atoms with E-state index in [0.29, 0.717) is 0 Å². The van der Waals surface area contributed by atoms with Crippen molar-refractivity contribution in [3.63, 3.8) is 0 Å². The predicted molar refractivity (Wildman–Crippen MR) is 64.7 cm³/mol. The van der Waals surface area contributed by atoms with Gasteiger partial charge in [-0.05, 0) is 14.1 Å². The minimum atomic E-state index is 0.00106. The summed E-state index contributed by atoms with van der Waals surface area (Å²) in [5.74, 6) is 0.231. The van der Waals surface area contributed by atoms with Crippen LogP contribution in [0.3, 0.4) is 0 Å². The average molecular weight is 218 g/mol. The summed E-state index contributed by atoms with van der Waals surface area (Å²) in [6.07, 6.45) is 0. The number of Topliss-reactive ketones (excluding diaryl/α,β-unsaturated/α-hetero) is 1. The van der Waals surface area contributed by atoms with Gasteiger partial charge in [-0.3, -0.25) is 9.69 Å². The maximum atomic E-state index is 12.3. The molecule has 0 saturated carbocycles. The lowest BCUT2D eigenvalue weighted by Crippen LogP contribution is -2.53.